The van der Waals surface area contributed by atoms with Gasteiger partial charge in [0.25, 0.3) is 0 Å². The zero-order chi connectivity index (χ0) is 14.8. The number of hydrogen-bond acceptors (Lipinski definition) is 2. The predicted molar refractivity (Wildman–Crippen MR) is 90.5 cm³/mol. The van der Waals surface area contributed by atoms with E-state index in [1.165, 1.54) is 24.1 Å². The van der Waals surface area contributed by atoms with E-state index in [-0.39, 0.29) is 0 Å². The molecule has 114 valence electrons. The summed E-state index contributed by atoms with van der Waals surface area (Å²) in [5.41, 5.74) is 2.69. The number of likely N-dealkylation sites (N-methyl/N-ethyl adjacent to an activating group) is 1. The van der Waals surface area contributed by atoms with E-state index in [2.05, 4.69) is 62.2 Å². The summed E-state index contributed by atoms with van der Waals surface area (Å²) >= 11 is 0. The highest BCUT2D eigenvalue weighted by Crippen LogP contribution is 2.13. The fourth-order valence-corrected chi connectivity index (χ4v) is 2.46. The molecular formula is C18H32N2. The standard InChI is InChI=1S/C18H32N2/c1-5-16(6-2)15-19-18-11-9-17(10-12-18)13-14-20(7-3)8-4/h9-12,16,19H,5-8,13-15H2,1-4H3. The molecule has 1 rings (SSSR count). The van der Waals surface area contributed by atoms with Gasteiger partial charge in [0.2, 0.25) is 0 Å². The quantitative estimate of drug-likeness (QED) is 0.680. The zero-order valence-corrected chi connectivity index (χ0v) is 13.8. The van der Waals surface area contributed by atoms with Gasteiger partial charge in [0.05, 0.1) is 0 Å². The van der Waals surface area contributed by atoms with Gasteiger partial charge < -0.3 is 10.2 Å². The Bertz CT molecular complexity index is 302. The van der Waals surface area contributed by atoms with E-state index >= 15 is 0 Å². The average Bonchev–Trinajstić information content (AvgIpc) is 2.50. The molecule has 0 bridgehead atoms. The van der Waals surface area contributed by atoms with E-state index in [0.717, 1.165) is 38.5 Å². The van der Waals surface area contributed by atoms with Gasteiger partial charge in [0, 0.05) is 18.8 Å². The van der Waals surface area contributed by atoms with Crippen molar-refractivity contribution in [3.05, 3.63) is 29.8 Å². The maximum Gasteiger partial charge on any atom is 0.0340 e. The van der Waals surface area contributed by atoms with Crippen LogP contribution in [0.15, 0.2) is 24.3 Å². The first-order valence-corrected chi connectivity index (χ1v) is 8.28. The van der Waals surface area contributed by atoms with E-state index in [1.807, 2.05) is 0 Å². The van der Waals surface area contributed by atoms with Gasteiger partial charge in [-0.15, -0.1) is 0 Å². The van der Waals surface area contributed by atoms with Crippen molar-refractivity contribution in [3.63, 3.8) is 0 Å². The average molecular weight is 276 g/mol. The monoisotopic (exact) mass is 276 g/mol. The fourth-order valence-electron chi connectivity index (χ4n) is 2.46. The van der Waals surface area contributed by atoms with Crippen molar-refractivity contribution in [1.29, 1.82) is 0 Å². The molecule has 1 aromatic carbocycles. The Morgan fingerprint density at radius 3 is 2.05 bits per heavy atom. The molecule has 0 unspecified atom stereocenters. The molecule has 0 spiro atoms. The minimum atomic E-state index is 0.789. The summed E-state index contributed by atoms with van der Waals surface area (Å²) in [5.74, 6) is 0.789. The lowest BCUT2D eigenvalue weighted by Crippen LogP contribution is -2.25. The van der Waals surface area contributed by atoms with E-state index in [1.54, 1.807) is 0 Å². The molecule has 0 aliphatic carbocycles. The molecule has 0 aliphatic heterocycles. The Balaban J connectivity index is 2.40. The summed E-state index contributed by atoms with van der Waals surface area (Å²) in [6.07, 6.45) is 3.66. The summed E-state index contributed by atoms with van der Waals surface area (Å²) < 4.78 is 0. The number of anilines is 1. The number of nitrogens with one attached hydrogen (secondary N) is 1. The van der Waals surface area contributed by atoms with Gasteiger partial charge in [0.15, 0.2) is 0 Å². The topological polar surface area (TPSA) is 15.3 Å². The molecule has 20 heavy (non-hydrogen) atoms. The molecule has 0 saturated carbocycles. The van der Waals surface area contributed by atoms with E-state index in [4.69, 9.17) is 0 Å². The van der Waals surface area contributed by atoms with Crippen LogP contribution in [0.1, 0.15) is 46.1 Å². The van der Waals surface area contributed by atoms with Crippen LogP contribution >= 0.6 is 0 Å². The molecule has 0 aliphatic rings. The van der Waals surface area contributed by atoms with Crippen molar-refractivity contribution >= 4 is 5.69 Å². The van der Waals surface area contributed by atoms with Crippen molar-refractivity contribution < 1.29 is 0 Å². The lowest BCUT2D eigenvalue weighted by atomic mass is 10.0. The van der Waals surface area contributed by atoms with Crippen LogP contribution in [-0.4, -0.2) is 31.1 Å². The largest absolute Gasteiger partial charge is 0.385 e. The van der Waals surface area contributed by atoms with Gasteiger partial charge in [-0.25, -0.2) is 0 Å². The molecule has 0 aromatic heterocycles. The van der Waals surface area contributed by atoms with Crippen molar-refractivity contribution in [1.82, 2.24) is 4.90 Å². The SMILES string of the molecule is CCC(CC)CNc1ccc(CCN(CC)CC)cc1. The van der Waals surface area contributed by atoms with Crippen molar-refractivity contribution in [3.8, 4) is 0 Å². The second-order valence-electron chi connectivity index (χ2n) is 5.54. The Labute approximate surface area is 125 Å². The second kappa shape index (κ2) is 9.82. The number of rotatable bonds is 10. The van der Waals surface area contributed by atoms with E-state index in [0.29, 0.717) is 0 Å². The van der Waals surface area contributed by atoms with Crippen LogP contribution in [0.4, 0.5) is 5.69 Å². The molecule has 2 nitrogen and oxygen atoms in total. The van der Waals surface area contributed by atoms with E-state index < -0.39 is 0 Å². The minimum absolute atomic E-state index is 0.789. The smallest absolute Gasteiger partial charge is 0.0340 e. The first-order valence-electron chi connectivity index (χ1n) is 8.28. The highest BCUT2D eigenvalue weighted by Gasteiger charge is 2.03. The highest BCUT2D eigenvalue weighted by atomic mass is 15.1. The Hall–Kier alpha value is -1.02. The molecule has 0 fully saturated rings. The van der Waals surface area contributed by atoms with Crippen molar-refractivity contribution in [2.45, 2.75) is 47.0 Å². The Morgan fingerprint density at radius 1 is 0.950 bits per heavy atom. The minimum Gasteiger partial charge on any atom is -0.385 e. The lowest BCUT2D eigenvalue weighted by molar-refractivity contribution is 0.308. The van der Waals surface area contributed by atoms with Gasteiger partial charge in [0.1, 0.15) is 0 Å². The van der Waals surface area contributed by atoms with Crippen LogP contribution < -0.4 is 5.32 Å². The number of hydrogen-bond donors (Lipinski definition) is 1. The summed E-state index contributed by atoms with van der Waals surface area (Å²) in [6, 6.07) is 8.97. The molecule has 0 atom stereocenters. The van der Waals surface area contributed by atoms with Gasteiger partial charge >= 0.3 is 0 Å². The molecule has 0 amide bonds. The third kappa shape index (κ3) is 5.96. The van der Waals surface area contributed by atoms with Crippen LogP contribution in [-0.2, 0) is 6.42 Å². The van der Waals surface area contributed by atoms with Crippen molar-refractivity contribution in [2.75, 3.05) is 31.5 Å². The fraction of sp³-hybridized carbons (Fsp3) is 0.667. The second-order valence-corrected chi connectivity index (χ2v) is 5.54. The van der Waals surface area contributed by atoms with Gasteiger partial charge in [-0.3, -0.25) is 0 Å². The number of nitrogens with zero attached hydrogens (tertiary/aromatic N) is 1. The van der Waals surface area contributed by atoms with Gasteiger partial charge in [-0.2, -0.15) is 0 Å². The third-order valence-corrected chi connectivity index (χ3v) is 4.31. The maximum atomic E-state index is 3.55. The normalized spacial score (nSPS) is 11.3. The molecule has 1 aromatic rings. The molecule has 0 radical (unpaired) electrons. The summed E-state index contributed by atoms with van der Waals surface area (Å²) in [7, 11) is 0. The first kappa shape index (κ1) is 17.0. The molecule has 1 N–H and O–H groups in total. The molecule has 2 heteroatoms. The molecule has 0 saturated heterocycles. The summed E-state index contributed by atoms with van der Waals surface area (Å²) in [4.78, 5) is 2.47. The maximum absolute atomic E-state index is 3.55. The van der Waals surface area contributed by atoms with Crippen LogP contribution in [0.2, 0.25) is 0 Å². The predicted octanol–water partition coefficient (Wildman–Crippen LogP) is 4.42. The highest BCUT2D eigenvalue weighted by molar-refractivity contribution is 5.44. The lowest BCUT2D eigenvalue weighted by Gasteiger charge is -2.18. The van der Waals surface area contributed by atoms with Gasteiger partial charge in [-0.05, 0) is 43.1 Å². The van der Waals surface area contributed by atoms with Gasteiger partial charge in [-0.1, -0.05) is 52.7 Å². The van der Waals surface area contributed by atoms with Crippen molar-refractivity contribution in [2.24, 2.45) is 5.92 Å². The van der Waals surface area contributed by atoms with E-state index in [9.17, 15) is 0 Å². The summed E-state index contributed by atoms with van der Waals surface area (Å²) in [6.45, 7) is 13.5. The Morgan fingerprint density at radius 2 is 1.55 bits per heavy atom. The first-order chi connectivity index (χ1) is 9.73. The van der Waals surface area contributed by atoms with Crippen LogP contribution in [0.3, 0.4) is 0 Å². The number of benzene rings is 1. The molecular weight excluding hydrogens is 244 g/mol. The van der Waals surface area contributed by atoms with Crippen LogP contribution in [0.5, 0.6) is 0 Å². The van der Waals surface area contributed by atoms with Crippen LogP contribution in [0.25, 0.3) is 0 Å². The van der Waals surface area contributed by atoms with Crippen LogP contribution in [0, 0.1) is 5.92 Å². The Kier molecular flexibility index (Phi) is 8.36. The molecule has 0 heterocycles. The summed E-state index contributed by atoms with van der Waals surface area (Å²) in [5, 5.41) is 3.55. The third-order valence-electron chi connectivity index (χ3n) is 4.31. The zero-order valence-electron chi connectivity index (χ0n) is 13.8.